The summed E-state index contributed by atoms with van der Waals surface area (Å²) in [6, 6.07) is 5.21. The summed E-state index contributed by atoms with van der Waals surface area (Å²) >= 11 is 0. The van der Waals surface area contributed by atoms with Gasteiger partial charge >= 0.3 is 6.09 Å². The zero-order valence-electron chi connectivity index (χ0n) is 13.4. The molecule has 1 aliphatic rings. The summed E-state index contributed by atoms with van der Waals surface area (Å²) in [5, 5.41) is 3.59. The second-order valence-corrected chi connectivity index (χ2v) is 4.62. The minimum Gasteiger partial charge on any atom is -0.497 e. The Bertz CT molecular complexity index is 713. The lowest BCUT2D eigenvalue weighted by atomic mass is 10.1. The summed E-state index contributed by atoms with van der Waals surface area (Å²) in [6.45, 7) is 0.183. The Morgan fingerprint density at radius 2 is 2.04 bits per heavy atom. The second kappa shape index (κ2) is 7.36. The maximum atomic E-state index is 12.2. The number of ether oxygens (including phenoxy) is 3. The topological polar surface area (TPSA) is 113 Å². The highest BCUT2D eigenvalue weighted by Crippen LogP contribution is 2.31. The summed E-state index contributed by atoms with van der Waals surface area (Å²) in [6.07, 6.45) is 0.179. The van der Waals surface area contributed by atoms with Gasteiger partial charge in [-0.15, -0.1) is 0 Å². The Labute approximate surface area is 138 Å². The third-order valence-electron chi connectivity index (χ3n) is 3.27. The Balaban J connectivity index is 2.29. The van der Waals surface area contributed by atoms with Crippen LogP contribution in [-0.4, -0.2) is 44.4 Å². The van der Waals surface area contributed by atoms with Crippen molar-refractivity contribution in [3.8, 4) is 11.5 Å². The molecule has 0 fully saturated rings. The maximum absolute atomic E-state index is 12.2. The fraction of sp³-hybridized carbons (Fsp3) is 0.267. The van der Waals surface area contributed by atoms with Crippen molar-refractivity contribution in [2.45, 2.75) is 6.54 Å². The average molecular weight is 335 g/mol. The number of oxime groups is 1. The number of carbonyl (C=O) groups is 2. The first-order valence-corrected chi connectivity index (χ1v) is 6.82. The number of amides is 2. The zero-order valence-corrected chi connectivity index (χ0v) is 13.4. The molecule has 1 aromatic rings. The molecule has 1 aliphatic heterocycles. The Hall–Kier alpha value is -3.23. The number of hydrogen-bond acceptors (Lipinski definition) is 7. The van der Waals surface area contributed by atoms with E-state index in [4.69, 9.17) is 19.9 Å². The molecule has 0 spiro atoms. The third-order valence-corrected chi connectivity index (χ3v) is 3.27. The van der Waals surface area contributed by atoms with Gasteiger partial charge in [0.2, 0.25) is 5.76 Å². The molecule has 1 heterocycles. The molecule has 0 saturated heterocycles. The predicted molar refractivity (Wildman–Crippen MR) is 83.3 cm³/mol. The van der Waals surface area contributed by atoms with Crippen molar-refractivity contribution >= 4 is 18.2 Å². The molecule has 2 rings (SSSR count). The largest absolute Gasteiger partial charge is 0.497 e. The number of methoxy groups -OCH3 is 2. The summed E-state index contributed by atoms with van der Waals surface area (Å²) < 4.78 is 15.1. The highest BCUT2D eigenvalue weighted by atomic mass is 16.6. The number of rotatable bonds is 7. The molecule has 0 saturated carbocycles. The number of allylic oxidation sites excluding steroid dienone is 1. The van der Waals surface area contributed by atoms with E-state index < -0.39 is 12.0 Å². The fourth-order valence-electron chi connectivity index (χ4n) is 2.15. The summed E-state index contributed by atoms with van der Waals surface area (Å²) in [4.78, 5) is 29.0. The summed E-state index contributed by atoms with van der Waals surface area (Å²) in [7, 11) is 4.41. The lowest BCUT2D eigenvalue weighted by Gasteiger charge is -2.33. The van der Waals surface area contributed by atoms with Crippen LogP contribution in [0.25, 0.3) is 0 Å². The smallest absolute Gasteiger partial charge is 0.410 e. The van der Waals surface area contributed by atoms with Crippen molar-refractivity contribution in [2.24, 2.45) is 10.9 Å². The molecule has 24 heavy (non-hydrogen) atoms. The van der Waals surface area contributed by atoms with Crippen LogP contribution >= 0.6 is 0 Å². The van der Waals surface area contributed by atoms with E-state index in [1.807, 2.05) is 0 Å². The van der Waals surface area contributed by atoms with Gasteiger partial charge in [0.1, 0.15) is 24.3 Å². The number of carbonyl (C=O) groups excluding carboxylic acids is 2. The summed E-state index contributed by atoms with van der Waals surface area (Å²) in [5.74, 6) is 0.495. The van der Waals surface area contributed by atoms with Crippen LogP contribution in [0, 0.1) is 0 Å². The molecule has 9 heteroatoms. The monoisotopic (exact) mass is 335 g/mol. The molecule has 2 amide bonds. The molecule has 0 radical (unpaired) electrons. The van der Waals surface area contributed by atoms with Gasteiger partial charge in [-0.2, -0.15) is 0 Å². The molecule has 9 nitrogen and oxygen atoms in total. The fourth-order valence-corrected chi connectivity index (χ4v) is 2.15. The molecule has 2 N–H and O–H groups in total. The van der Waals surface area contributed by atoms with E-state index in [1.165, 1.54) is 25.3 Å². The van der Waals surface area contributed by atoms with Gasteiger partial charge in [0.15, 0.2) is 0 Å². The van der Waals surface area contributed by atoms with E-state index in [-0.39, 0.29) is 18.0 Å². The zero-order chi connectivity index (χ0) is 17.7. The molecule has 0 aliphatic carbocycles. The maximum Gasteiger partial charge on any atom is 0.410 e. The number of nitrogens with zero attached hydrogens (tertiary/aromatic N) is 2. The van der Waals surface area contributed by atoms with Crippen LogP contribution in [-0.2, 0) is 20.9 Å². The Morgan fingerprint density at radius 3 is 2.62 bits per heavy atom. The summed E-state index contributed by atoms with van der Waals surface area (Å²) in [5.41, 5.74) is 5.96. The van der Waals surface area contributed by atoms with Crippen LogP contribution in [0.15, 0.2) is 34.8 Å². The van der Waals surface area contributed by atoms with Crippen LogP contribution in [0.2, 0.25) is 0 Å². The van der Waals surface area contributed by atoms with Gasteiger partial charge in [0, 0.05) is 11.6 Å². The average Bonchev–Trinajstić information content (AvgIpc) is 2.59. The van der Waals surface area contributed by atoms with Crippen LogP contribution in [0.1, 0.15) is 5.56 Å². The molecular weight excluding hydrogens is 318 g/mol. The first kappa shape index (κ1) is 17.1. The minimum absolute atomic E-state index is 0.183. The van der Waals surface area contributed by atoms with Gasteiger partial charge in [-0.1, -0.05) is 5.16 Å². The standard InChI is InChI=1S/C15H17N3O6/c1-21-10-5-4-9(12(6-10)22-2)8-18-11(7-17-23-3)13(14(18)19)24-15(16)20/h4-7H,8H2,1-3H3,(H2,16,20)/b17-7+. The Kier molecular flexibility index (Phi) is 5.25. The highest BCUT2D eigenvalue weighted by Gasteiger charge is 2.39. The van der Waals surface area contributed by atoms with Crippen molar-refractivity contribution in [3.05, 3.63) is 35.2 Å². The van der Waals surface area contributed by atoms with E-state index in [0.717, 1.165) is 5.56 Å². The first-order valence-electron chi connectivity index (χ1n) is 6.82. The SMILES string of the molecule is CO/N=C/C1=C(OC(N)=O)C(=O)N1Cc1ccc(OC)cc1OC. The molecule has 0 bridgehead atoms. The van der Waals surface area contributed by atoms with Crippen molar-refractivity contribution < 1.29 is 28.6 Å². The van der Waals surface area contributed by atoms with Gasteiger partial charge < -0.3 is 24.8 Å². The van der Waals surface area contributed by atoms with Gasteiger partial charge in [0.05, 0.1) is 27.0 Å². The van der Waals surface area contributed by atoms with Crippen molar-refractivity contribution in [3.63, 3.8) is 0 Å². The lowest BCUT2D eigenvalue weighted by Crippen LogP contribution is -2.44. The third kappa shape index (κ3) is 3.40. The van der Waals surface area contributed by atoms with Crippen molar-refractivity contribution in [1.29, 1.82) is 0 Å². The van der Waals surface area contributed by atoms with Gasteiger partial charge in [0.25, 0.3) is 5.91 Å². The molecular formula is C15H17N3O6. The van der Waals surface area contributed by atoms with E-state index in [2.05, 4.69) is 9.99 Å². The minimum atomic E-state index is -1.08. The van der Waals surface area contributed by atoms with Crippen LogP contribution in [0.4, 0.5) is 4.79 Å². The van der Waals surface area contributed by atoms with Gasteiger partial charge in [-0.25, -0.2) is 4.79 Å². The second-order valence-electron chi connectivity index (χ2n) is 4.62. The number of nitrogens with two attached hydrogens (primary N) is 1. The van der Waals surface area contributed by atoms with E-state index in [9.17, 15) is 9.59 Å². The first-order chi connectivity index (χ1) is 11.5. The van der Waals surface area contributed by atoms with Crippen LogP contribution < -0.4 is 15.2 Å². The molecule has 0 atom stereocenters. The van der Waals surface area contributed by atoms with E-state index >= 15 is 0 Å². The number of primary amides is 1. The molecule has 0 aromatic heterocycles. The molecule has 0 unspecified atom stereocenters. The molecule has 128 valence electrons. The Morgan fingerprint density at radius 1 is 1.29 bits per heavy atom. The van der Waals surface area contributed by atoms with Crippen molar-refractivity contribution in [2.75, 3.05) is 21.3 Å². The lowest BCUT2D eigenvalue weighted by molar-refractivity contribution is -0.132. The highest BCUT2D eigenvalue weighted by molar-refractivity contribution is 6.09. The number of hydrogen-bond donors (Lipinski definition) is 1. The van der Waals surface area contributed by atoms with Gasteiger partial charge in [-0.05, 0) is 12.1 Å². The number of benzene rings is 1. The molecule has 1 aromatic carbocycles. The normalized spacial score (nSPS) is 13.8. The van der Waals surface area contributed by atoms with E-state index in [0.29, 0.717) is 11.5 Å². The van der Waals surface area contributed by atoms with Crippen LogP contribution in [0.5, 0.6) is 11.5 Å². The quantitative estimate of drug-likeness (QED) is 0.587. The van der Waals surface area contributed by atoms with Crippen LogP contribution in [0.3, 0.4) is 0 Å². The van der Waals surface area contributed by atoms with E-state index in [1.54, 1.807) is 25.3 Å². The predicted octanol–water partition coefficient (Wildman–Crippen LogP) is 0.985. The van der Waals surface area contributed by atoms with Crippen molar-refractivity contribution in [1.82, 2.24) is 4.90 Å². The van der Waals surface area contributed by atoms with Gasteiger partial charge in [-0.3, -0.25) is 9.69 Å².